The van der Waals surface area contributed by atoms with Gasteiger partial charge in [-0.3, -0.25) is 10.1 Å². The highest BCUT2D eigenvalue weighted by Gasteiger charge is 2.18. The number of aliphatic hydroxyl groups excluding tert-OH is 1. The number of hydrogen-bond donors (Lipinski definition) is 2. The van der Waals surface area contributed by atoms with E-state index in [0.29, 0.717) is 15.2 Å². The molecule has 7 heteroatoms. The molecule has 0 spiro atoms. The lowest BCUT2D eigenvalue weighted by Crippen LogP contribution is -2.15. The van der Waals surface area contributed by atoms with E-state index in [1.807, 2.05) is 0 Å². The van der Waals surface area contributed by atoms with Crippen molar-refractivity contribution >= 4 is 38.9 Å². The van der Waals surface area contributed by atoms with Crippen LogP contribution in [0.4, 0.5) is 11.4 Å². The van der Waals surface area contributed by atoms with Gasteiger partial charge in [0.15, 0.2) is 0 Å². The molecule has 5 nitrogen and oxygen atoms in total. The summed E-state index contributed by atoms with van der Waals surface area (Å²) >= 11 is 9.03. The molecule has 2 rings (SSSR count). The smallest absolute Gasteiger partial charge is 0.293 e. The molecule has 0 saturated heterocycles. The monoisotopic (exact) mass is 370 g/mol. The largest absolute Gasteiger partial charge is 0.394 e. The van der Waals surface area contributed by atoms with Crippen molar-refractivity contribution in [3.05, 3.63) is 67.6 Å². The topological polar surface area (TPSA) is 75.4 Å². The number of halogens is 2. The predicted octanol–water partition coefficient (Wildman–Crippen LogP) is 4.16. The molecule has 0 fully saturated rings. The van der Waals surface area contributed by atoms with Gasteiger partial charge in [-0.2, -0.15) is 0 Å². The molecule has 1 atom stereocenters. The number of aliphatic hydroxyl groups is 1. The van der Waals surface area contributed by atoms with Gasteiger partial charge in [-0.25, -0.2) is 0 Å². The normalized spacial score (nSPS) is 12.0. The molecule has 0 radical (unpaired) electrons. The first-order chi connectivity index (χ1) is 10.0. The van der Waals surface area contributed by atoms with Gasteiger partial charge >= 0.3 is 0 Å². The number of rotatable bonds is 5. The molecule has 0 amide bonds. The molecule has 0 aliphatic carbocycles. The Labute approximate surface area is 134 Å². The molecular formula is C14H12BrClN2O3. The van der Waals surface area contributed by atoms with Crippen LogP contribution in [0.3, 0.4) is 0 Å². The van der Waals surface area contributed by atoms with Gasteiger partial charge in [-0.1, -0.05) is 39.7 Å². The predicted molar refractivity (Wildman–Crippen MR) is 85.7 cm³/mol. The molecule has 0 aliphatic heterocycles. The van der Waals surface area contributed by atoms with E-state index in [1.54, 1.807) is 36.4 Å². The van der Waals surface area contributed by atoms with Crippen LogP contribution >= 0.6 is 27.5 Å². The Hall–Kier alpha value is -1.63. The lowest BCUT2D eigenvalue weighted by Gasteiger charge is -2.18. The minimum Gasteiger partial charge on any atom is -0.394 e. The summed E-state index contributed by atoms with van der Waals surface area (Å²) in [6, 6.07) is 11.2. The zero-order chi connectivity index (χ0) is 15.4. The van der Waals surface area contributed by atoms with E-state index in [2.05, 4.69) is 21.2 Å². The summed E-state index contributed by atoms with van der Waals surface area (Å²) in [6.07, 6.45) is 0. The SMILES string of the molecule is O=[N+]([O-])c1cc(Br)ccc1NC(CO)c1ccc(Cl)cc1. The van der Waals surface area contributed by atoms with Crippen molar-refractivity contribution < 1.29 is 10.0 Å². The fourth-order valence-corrected chi connectivity index (χ4v) is 2.37. The molecule has 0 heterocycles. The van der Waals surface area contributed by atoms with Gasteiger partial charge in [0.1, 0.15) is 5.69 Å². The Bertz CT molecular complexity index is 649. The number of benzene rings is 2. The first kappa shape index (κ1) is 15.8. The highest BCUT2D eigenvalue weighted by Crippen LogP contribution is 2.31. The van der Waals surface area contributed by atoms with Gasteiger partial charge in [-0.15, -0.1) is 0 Å². The Balaban J connectivity index is 2.30. The molecule has 1 unspecified atom stereocenters. The molecule has 2 N–H and O–H groups in total. The standard InChI is InChI=1S/C14H12BrClN2O3/c15-10-3-6-12(14(7-10)18(20)21)17-13(8-19)9-1-4-11(16)5-2-9/h1-7,13,17,19H,8H2. The van der Waals surface area contributed by atoms with Gasteiger partial charge in [0, 0.05) is 15.6 Å². The molecule has 2 aromatic carbocycles. The molecule has 2 aromatic rings. The van der Waals surface area contributed by atoms with Gasteiger partial charge < -0.3 is 10.4 Å². The van der Waals surface area contributed by atoms with E-state index in [9.17, 15) is 15.2 Å². The average Bonchev–Trinajstić information content (AvgIpc) is 2.47. The molecule has 0 bridgehead atoms. The summed E-state index contributed by atoms with van der Waals surface area (Å²) in [5, 5.41) is 24.2. The lowest BCUT2D eigenvalue weighted by molar-refractivity contribution is -0.384. The molecule has 0 aliphatic rings. The third-order valence-electron chi connectivity index (χ3n) is 2.94. The zero-order valence-electron chi connectivity index (χ0n) is 10.8. The third kappa shape index (κ3) is 3.93. The minimum atomic E-state index is -0.469. The van der Waals surface area contributed by atoms with Crippen LogP contribution in [0.5, 0.6) is 0 Å². The second-order valence-corrected chi connectivity index (χ2v) is 5.70. The van der Waals surface area contributed by atoms with Crippen LogP contribution in [0.25, 0.3) is 0 Å². The van der Waals surface area contributed by atoms with Crippen LogP contribution in [-0.2, 0) is 0 Å². The fraction of sp³-hybridized carbons (Fsp3) is 0.143. The van der Waals surface area contributed by atoms with Crippen molar-refractivity contribution in [3.8, 4) is 0 Å². The van der Waals surface area contributed by atoms with Crippen molar-refractivity contribution in [1.29, 1.82) is 0 Å². The van der Waals surface area contributed by atoms with E-state index in [0.717, 1.165) is 5.56 Å². The summed E-state index contributed by atoms with van der Waals surface area (Å²) in [7, 11) is 0. The van der Waals surface area contributed by atoms with Gasteiger partial charge in [0.25, 0.3) is 5.69 Å². The van der Waals surface area contributed by atoms with E-state index >= 15 is 0 Å². The number of nitro benzene ring substituents is 1. The van der Waals surface area contributed by atoms with Crippen molar-refractivity contribution in [1.82, 2.24) is 0 Å². The van der Waals surface area contributed by atoms with Crippen molar-refractivity contribution in [3.63, 3.8) is 0 Å². The maximum Gasteiger partial charge on any atom is 0.293 e. The maximum absolute atomic E-state index is 11.1. The van der Waals surface area contributed by atoms with Crippen LogP contribution in [0.2, 0.25) is 5.02 Å². The van der Waals surface area contributed by atoms with Crippen LogP contribution in [0, 0.1) is 10.1 Å². The maximum atomic E-state index is 11.1. The molecular weight excluding hydrogens is 360 g/mol. The average molecular weight is 372 g/mol. The summed E-state index contributed by atoms with van der Waals surface area (Å²) < 4.78 is 0.617. The first-order valence-electron chi connectivity index (χ1n) is 6.08. The van der Waals surface area contributed by atoms with Crippen LogP contribution in [-0.4, -0.2) is 16.6 Å². The summed E-state index contributed by atoms with van der Waals surface area (Å²) in [4.78, 5) is 10.6. The number of anilines is 1. The first-order valence-corrected chi connectivity index (χ1v) is 7.25. The second kappa shape index (κ2) is 6.89. The third-order valence-corrected chi connectivity index (χ3v) is 3.69. The second-order valence-electron chi connectivity index (χ2n) is 4.35. The van der Waals surface area contributed by atoms with Crippen LogP contribution < -0.4 is 5.32 Å². The summed E-state index contributed by atoms with van der Waals surface area (Å²) in [6.45, 7) is -0.200. The van der Waals surface area contributed by atoms with E-state index in [-0.39, 0.29) is 12.3 Å². The van der Waals surface area contributed by atoms with Gasteiger partial charge in [0.2, 0.25) is 0 Å². The summed E-state index contributed by atoms with van der Waals surface area (Å²) in [5.41, 5.74) is 1.08. The van der Waals surface area contributed by atoms with Crippen LogP contribution in [0.1, 0.15) is 11.6 Å². The molecule has 0 saturated carbocycles. The Morgan fingerprint density at radius 1 is 1.29 bits per heavy atom. The number of nitrogens with one attached hydrogen (secondary N) is 1. The fourth-order valence-electron chi connectivity index (χ4n) is 1.90. The zero-order valence-corrected chi connectivity index (χ0v) is 13.1. The Morgan fingerprint density at radius 3 is 2.52 bits per heavy atom. The quantitative estimate of drug-likeness (QED) is 0.611. The Morgan fingerprint density at radius 2 is 1.95 bits per heavy atom. The highest BCUT2D eigenvalue weighted by atomic mass is 79.9. The van der Waals surface area contributed by atoms with Gasteiger partial charge in [0.05, 0.1) is 17.6 Å². The van der Waals surface area contributed by atoms with Crippen molar-refractivity contribution in [2.75, 3.05) is 11.9 Å². The van der Waals surface area contributed by atoms with Crippen molar-refractivity contribution in [2.24, 2.45) is 0 Å². The molecule has 110 valence electrons. The Kier molecular flexibility index (Phi) is 5.17. The minimum absolute atomic E-state index is 0.0585. The number of nitro groups is 1. The summed E-state index contributed by atoms with van der Waals surface area (Å²) in [5.74, 6) is 0. The number of hydrogen-bond acceptors (Lipinski definition) is 4. The van der Waals surface area contributed by atoms with Gasteiger partial charge in [-0.05, 0) is 29.8 Å². The highest BCUT2D eigenvalue weighted by molar-refractivity contribution is 9.10. The van der Waals surface area contributed by atoms with E-state index in [1.165, 1.54) is 6.07 Å². The molecule has 0 aromatic heterocycles. The number of nitrogens with zero attached hydrogens (tertiary/aromatic N) is 1. The lowest BCUT2D eigenvalue weighted by atomic mass is 10.1. The van der Waals surface area contributed by atoms with Crippen LogP contribution in [0.15, 0.2) is 46.9 Å². The van der Waals surface area contributed by atoms with E-state index < -0.39 is 11.0 Å². The van der Waals surface area contributed by atoms with Crippen molar-refractivity contribution in [2.45, 2.75) is 6.04 Å². The molecule has 21 heavy (non-hydrogen) atoms. The van der Waals surface area contributed by atoms with E-state index in [4.69, 9.17) is 11.6 Å².